The van der Waals surface area contributed by atoms with Gasteiger partial charge in [0.05, 0.1) is 24.8 Å². The van der Waals surface area contributed by atoms with Crippen LogP contribution in [0.25, 0.3) is 0 Å². The molecule has 11 nitrogen and oxygen atoms in total. The SMILES string of the molecule is CO[C@H]1/C=C/CCCN(C)C(=O)C[C@@](O)(C(=O)NS(=O)(=O)N(C)C)c2ccc3c(c2)N(C[C@@H]2CC[C@H]21)C[C@@]1(CCCc2cc(Cl)ccc21)CO3. The zero-order valence-corrected chi connectivity index (χ0v) is 30.9. The Labute approximate surface area is 300 Å². The number of ether oxygens (including phenoxy) is 2. The van der Waals surface area contributed by atoms with Gasteiger partial charge in [0.25, 0.3) is 5.91 Å². The second-order valence-electron chi connectivity index (χ2n) is 14.6. The molecule has 2 heterocycles. The van der Waals surface area contributed by atoms with Crippen LogP contribution in [0.3, 0.4) is 0 Å². The van der Waals surface area contributed by atoms with Crippen molar-refractivity contribution in [2.24, 2.45) is 11.8 Å². The molecule has 0 radical (unpaired) electrons. The average molecular weight is 729 g/mol. The normalized spacial score (nSPS) is 29.6. The van der Waals surface area contributed by atoms with Crippen LogP contribution in [-0.2, 0) is 42.0 Å². The molecule has 272 valence electrons. The molecule has 2 aromatic carbocycles. The number of amides is 2. The summed E-state index contributed by atoms with van der Waals surface area (Å²) < 4.78 is 41.1. The molecule has 6 rings (SSSR count). The summed E-state index contributed by atoms with van der Waals surface area (Å²) in [5.41, 5.74) is 0.374. The topological polar surface area (TPSA) is 129 Å². The number of halogens is 1. The van der Waals surface area contributed by atoms with Crippen molar-refractivity contribution >= 4 is 39.3 Å². The van der Waals surface area contributed by atoms with Crippen LogP contribution >= 0.6 is 11.6 Å². The van der Waals surface area contributed by atoms with Crippen molar-refractivity contribution in [2.45, 2.75) is 68.5 Å². The number of hydrogen-bond donors (Lipinski definition) is 2. The highest BCUT2D eigenvalue weighted by atomic mass is 35.5. The summed E-state index contributed by atoms with van der Waals surface area (Å²) in [6.45, 7) is 2.12. The van der Waals surface area contributed by atoms with Crippen molar-refractivity contribution in [3.8, 4) is 5.75 Å². The van der Waals surface area contributed by atoms with Crippen molar-refractivity contribution in [1.82, 2.24) is 13.9 Å². The van der Waals surface area contributed by atoms with Crippen molar-refractivity contribution in [3.05, 3.63) is 70.3 Å². The summed E-state index contributed by atoms with van der Waals surface area (Å²) in [5.74, 6) is -0.493. The lowest BCUT2D eigenvalue weighted by molar-refractivity contribution is -0.148. The summed E-state index contributed by atoms with van der Waals surface area (Å²) in [6, 6.07) is 11.1. The quantitative estimate of drug-likeness (QED) is 0.450. The smallest absolute Gasteiger partial charge is 0.303 e. The van der Waals surface area contributed by atoms with Gasteiger partial charge >= 0.3 is 10.2 Å². The van der Waals surface area contributed by atoms with E-state index in [9.17, 15) is 23.1 Å². The first-order valence-corrected chi connectivity index (χ1v) is 19.3. The molecule has 0 saturated heterocycles. The van der Waals surface area contributed by atoms with Crippen LogP contribution in [0.2, 0.25) is 5.02 Å². The average Bonchev–Trinajstić information content (AvgIpc) is 3.21. The van der Waals surface area contributed by atoms with Crippen LogP contribution in [0, 0.1) is 11.8 Å². The Hall–Kier alpha value is -3.16. The number of carbonyl (C=O) groups is 2. The summed E-state index contributed by atoms with van der Waals surface area (Å²) >= 11 is 6.45. The number of hydrogen-bond acceptors (Lipinski definition) is 8. The molecule has 50 heavy (non-hydrogen) atoms. The van der Waals surface area contributed by atoms with Crippen LogP contribution in [0.4, 0.5) is 5.69 Å². The van der Waals surface area contributed by atoms with Gasteiger partial charge in [0.1, 0.15) is 5.75 Å². The number of aliphatic hydroxyl groups is 1. The molecule has 1 spiro atoms. The second kappa shape index (κ2) is 14.5. The van der Waals surface area contributed by atoms with Gasteiger partial charge in [0, 0.05) is 58.3 Å². The van der Waals surface area contributed by atoms with Gasteiger partial charge in [-0.05, 0) is 97.7 Å². The molecule has 1 saturated carbocycles. The van der Waals surface area contributed by atoms with E-state index in [1.807, 2.05) is 10.8 Å². The first-order chi connectivity index (χ1) is 23.8. The number of aryl methyl sites for hydroxylation is 1. The van der Waals surface area contributed by atoms with Gasteiger partial charge in [-0.15, -0.1) is 0 Å². The Morgan fingerprint density at radius 2 is 1.96 bits per heavy atom. The monoisotopic (exact) mass is 728 g/mol. The molecule has 5 atom stereocenters. The largest absolute Gasteiger partial charge is 0.490 e. The molecule has 2 amide bonds. The molecule has 2 aliphatic carbocycles. The van der Waals surface area contributed by atoms with E-state index in [0.717, 1.165) is 42.8 Å². The zero-order valence-electron chi connectivity index (χ0n) is 29.4. The van der Waals surface area contributed by atoms with Crippen molar-refractivity contribution in [3.63, 3.8) is 0 Å². The summed E-state index contributed by atoms with van der Waals surface area (Å²) in [5, 5.41) is 13.0. The maximum atomic E-state index is 13.9. The molecular weight excluding hydrogens is 680 g/mol. The van der Waals surface area contributed by atoms with Crippen molar-refractivity contribution in [2.75, 3.05) is 59.4 Å². The standard InChI is InChI=1S/C37H49ClN4O7S/c1-40(2)50(46,47)39-35(44)37(45)21-34(43)41(3)18-7-5-6-10-32(48-4)29-14-11-26(29)22-42-23-36(24-49-33-16-12-27(37)20-31(33)42)17-8-9-25-19-28(38)13-15-30(25)36/h6,10,12-13,15-16,19-20,26,29,32,45H,5,7-9,11,14,17-18,21-24H2,1-4H3,(H,39,44)/b10-6+/t26-,29+,32-,36-,37-/m0/s1. The van der Waals surface area contributed by atoms with Gasteiger partial charge in [-0.25, -0.2) is 4.72 Å². The molecule has 2 N–H and O–H groups in total. The number of allylic oxidation sites excluding steroid dienone is 1. The highest BCUT2D eigenvalue weighted by Crippen LogP contribution is 2.47. The van der Waals surface area contributed by atoms with Crippen LogP contribution < -0.4 is 14.4 Å². The Bertz CT molecular complexity index is 1750. The number of nitrogens with zero attached hydrogens (tertiary/aromatic N) is 3. The molecule has 13 heteroatoms. The molecule has 2 aromatic rings. The van der Waals surface area contributed by atoms with Gasteiger partial charge in [-0.2, -0.15) is 12.7 Å². The number of fused-ring (bicyclic) bond motifs is 4. The lowest BCUT2D eigenvalue weighted by Gasteiger charge is -2.46. The number of nitrogens with one attached hydrogen (secondary N) is 1. The fraction of sp³-hybridized carbons (Fsp3) is 0.568. The van der Waals surface area contributed by atoms with Gasteiger partial charge < -0.3 is 24.4 Å². The summed E-state index contributed by atoms with van der Waals surface area (Å²) in [6.07, 6.45) is 9.83. The Morgan fingerprint density at radius 3 is 2.68 bits per heavy atom. The Morgan fingerprint density at radius 1 is 1.16 bits per heavy atom. The molecule has 0 aromatic heterocycles. The maximum absolute atomic E-state index is 13.9. The maximum Gasteiger partial charge on any atom is 0.303 e. The van der Waals surface area contributed by atoms with E-state index >= 15 is 0 Å². The number of benzene rings is 2. The Kier molecular flexibility index (Phi) is 10.6. The first kappa shape index (κ1) is 36.6. The molecule has 1 fully saturated rings. The van der Waals surface area contributed by atoms with Crippen molar-refractivity contribution < 1.29 is 32.6 Å². The lowest BCUT2D eigenvalue weighted by Crippen LogP contribution is -2.52. The van der Waals surface area contributed by atoms with E-state index < -0.39 is 34.0 Å². The fourth-order valence-corrected chi connectivity index (χ4v) is 8.85. The van der Waals surface area contributed by atoms with Gasteiger partial charge in [0.2, 0.25) is 5.91 Å². The molecule has 2 aliphatic heterocycles. The highest BCUT2D eigenvalue weighted by Gasteiger charge is 2.47. The third-order valence-corrected chi connectivity index (χ3v) is 12.9. The summed E-state index contributed by atoms with van der Waals surface area (Å²) in [7, 11) is 1.65. The predicted octanol–water partition coefficient (Wildman–Crippen LogP) is 4.16. The molecule has 2 bridgehead atoms. The Balaban J connectivity index is 1.48. The van der Waals surface area contributed by atoms with E-state index in [2.05, 4.69) is 29.2 Å². The van der Waals surface area contributed by atoms with Crippen molar-refractivity contribution in [1.29, 1.82) is 0 Å². The van der Waals surface area contributed by atoms with E-state index in [1.54, 1.807) is 32.4 Å². The number of methoxy groups -OCH3 is 1. The van der Waals surface area contributed by atoms with E-state index in [4.69, 9.17) is 21.1 Å². The number of anilines is 1. The lowest BCUT2D eigenvalue weighted by atomic mass is 9.68. The first-order valence-electron chi connectivity index (χ1n) is 17.5. The minimum Gasteiger partial charge on any atom is -0.490 e. The van der Waals surface area contributed by atoms with Crippen LogP contribution in [-0.4, -0.2) is 95.1 Å². The number of rotatable bonds is 4. The third-order valence-electron chi connectivity index (χ3n) is 11.2. The van der Waals surface area contributed by atoms with Crippen LogP contribution in [0.5, 0.6) is 5.75 Å². The fourth-order valence-electron chi connectivity index (χ4n) is 8.07. The second-order valence-corrected chi connectivity index (χ2v) is 17.0. The van der Waals surface area contributed by atoms with Gasteiger partial charge in [-0.1, -0.05) is 35.9 Å². The molecular formula is C37H49ClN4O7S. The predicted molar refractivity (Wildman–Crippen MR) is 193 cm³/mol. The third kappa shape index (κ3) is 7.14. The number of carbonyl (C=O) groups excluding carboxylic acids is 2. The molecule has 0 unspecified atom stereocenters. The summed E-state index contributed by atoms with van der Waals surface area (Å²) in [4.78, 5) is 31.3. The highest BCUT2D eigenvalue weighted by molar-refractivity contribution is 7.87. The zero-order chi connectivity index (χ0) is 35.8. The van der Waals surface area contributed by atoms with E-state index in [1.165, 1.54) is 30.1 Å². The van der Waals surface area contributed by atoms with E-state index in [-0.39, 0.29) is 17.1 Å². The van der Waals surface area contributed by atoms with Gasteiger partial charge in [-0.3, -0.25) is 9.59 Å². The van der Waals surface area contributed by atoms with Crippen LogP contribution in [0.15, 0.2) is 48.6 Å². The van der Waals surface area contributed by atoms with E-state index in [0.29, 0.717) is 61.0 Å². The minimum absolute atomic E-state index is 0.0447. The van der Waals surface area contributed by atoms with Crippen LogP contribution in [0.1, 0.15) is 61.6 Å². The minimum atomic E-state index is -4.28. The van der Waals surface area contributed by atoms with Gasteiger partial charge in [0.15, 0.2) is 5.60 Å². The molecule has 4 aliphatic rings.